The molecule has 30 heavy (non-hydrogen) atoms. The Morgan fingerprint density at radius 3 is 2.43 bits per heavy atom. The molecule has 1 saturated heterocycles. The third-order valence-corrected chi connectivity index (χ3v) is 5.52. The smallest absolute Gasteiger partial charge is 0.173 e. The minimum absolute atomic E-state index is 0.128. The lowest BCUT2D eigenvalue weighted by atomic mass is 10.0. The molecule has 4 rings (SSSR count). The molecule has 1 atom stereocenters. The van der Waals surface area contributed by atoms with Crippen LogP contribution in [-0.2, 0) is 17.8 Å². The predicted molar refractivity (Wildman–Crippen MR) is 111 cm³/mol. The van der Waals surface area contributed by atoms with E-state index >= 15 is 0 Å². The second kappa shape index (κ2) is 9.88. The van der Waals surface area contributed by atoms with Gasteiger partial charge < -0.3 is 4.74 Å². The van der Waals surface area contributed by atoms with E-state index in [2.05, 4.69) is 49.6 Å². The summed E-state index contributed by atoms with van der Waals surface area (Å²) in [6.45, 7) is 5.71. The minimum Gasteiger partial charge on any atom is -0.383 e. The fourth-order valence-electron chi connectivity index (χ4n) is 3.93. The standard InChI is InChI=1S/C22H27FN6O/c1-30-16-15-29-22(24-25-26-29)21(19-7-9-20(23)10-8-19)28-13-11-27(12-14-28)17-18-5-3-2-4-6-18/h2-10,21H,11-17H2,1H3/t21-/m0/s1. The molecule has 0 radical (unpaired) electrons. The molecular weight excluding hydrogens is 383 g/mol. The molecule has 0 saturated carbocycles. The Bertz CT molecular complexity index is 909. The van der Waals surface area contributed by atoms with Crippen molar-refractivity contribution in [3.8, 4) is 0 Å². The number of nitrogens with zero attached hydrogens (tertiary/aromatic N) is 6. The van der Waals surface area contributed by atoms with Crippen molar-refractivity contribution in [2.75, 3.05) is 39.9 Å². The summed E-state index contributed by atoms with van der Waals surface area (Å²) in [6.07, 6.45) is 0. The second-order valence-electron chi connectivity index (χ2n) is 7.50. The van der Waals surface area contributed by atoms with Gasteiger partial charge in [0, 0.05) is 39.8 Å². The molecule has 0 N–H and O–H groups in total. The molecule has 1 aromatic heterocycles. The zero-order chi connectivity index (χ0) is 20.8. The molecule has 7 nitrogen and oxygen atoms in total. The number of tetrazole rings is 1. The Balaban J connectivity index is 1.52. The molecule has 0 amide bonds. The van der Waals surface area contributed by atoms with Gasteiger partial charge in [0.05, 0.1) is 19.2 Å². The Kier molecular flexibility index (Phi) is 6.78. The molecule has 1 fully saturated rings. The number of hydrogen-bond acceptors (Lipinski definition) is 6. The van der Waals surface area contributed by atoms with Crippen LogP contribution in [0.15, 0.2) is 54.6 Å². The van der Waals surface area contributed by atoms with Crippen molar-refractivity contribution < 1.29 is 9.13 Å². The first-order valence-corrected chi connectivity index (χ1v) is 10.3. The van der Waals surface area contributed by atoms with Crippen molar-refractivity contribution in [3.63, 3.8) is 0 Å². The quantitative estimate of drug-likeness (QED) is 0.568. The van der Waals surface area contributed by atoms with Crippen molar-refractivity contribution >= 4 is 0 Å². The highest BCUT2D eigenvalue weighted by Gasteiger charge is 2.30. The maximum atomic E-state index is 13.6. The van der Waals surface area contributed by atoms with Crippen molar-refractivity contribution in [1.29, 1.82) is 0 Å². The molecule has 0 bridgehead atoms. The van der Waals surface area contributed by atoms with E-state index in [0.29, 0.717) is 13.2 Å². The maximum Gasteiger partial charge on any atom is 0.173 e. The first kappa shape index (κ1) is 20.6. The van der Waals surface area contributed by atoms with Crippen LogP contribution < -0.4 is 0 Å². The molecule has 0 aliphatic carbocycles. The molecule has 0 spiro atoms. The number of methoxy groups -OCH3 is 1. The minimum atomic E-state index is -0.246. The largest absolute Gasteiger partial charge is 0.383 e. The van der Waals surface area contributed by atoms with Crippen LogP contribution in [0.1, 0.15) is 23.0 Å². The fraction of sp³-hybridized carbons (Fsp3) is 0.409. The number of halogens is 1. The summed E-state index contributed by atoms with van der Waals surface area (Å²) < 4.78 is 20.5. The van der Waals surface area contributed by atoms with Crippen molar-refractivity contribution in [2.45, 2.75) is 19.1 Å². The molecule has 158 valence electrons. The van der Waals surface area contributed by atoms with Gasteiger partial charge in [0.2, 0.25) is 0 Å². The highest BCUT2D eigenvalue weighted by atomic mass is 19.1. The molecule has 1 aliphatic rings. The van der Waals surface area contributed by atoms with E-state index in [-0.39, 0.29) is 11.9 Å². The van der Waals surface area contributed by atoms with Gasteiger partial charge in [-0.05, 0) is 33.7 Å². The SMILES string of the molecule is COCCn1nnnc1[C@H](c1ccc(F)cc1)N1CCN(Cc2ccccc2)CC1. The van der Waals surface area contributed by atoms with Crippen molar-refractivity contribution in [3.05, 3.63) is 77.4 Å². The molecule has 2 aromatic carbocycles. The van der Waals surface area contributed by atoms with Crippen LogP contribution in [0, 0.1) is 5.82 Å². The van der Waals surface area contributed by atoms with E-state index < -0.39 is 0 Å². The summed E-state index contributed by atoms with van der Waals surface area (Å²) in [5.41, 5.74) is 2.31. The summed E-state index contributed by atoms with van der Waals surface area (Å²) >= 11 is 0. The zero-order valence-electron chi connectivity index (χ0n) is 17.2. The summed E-state index contributed by atoms with van der Waals surface area (Å²) in [7, 11) is 1.66. The van der Waals surface area contributed by atoms with Crippen molar-refractivity contribution in [1.82, 2.24) is 30.0 Å². The van der Waals surface area contributed by atoms with Gasteiger partial charge in [-0.2, -0.15) is 0 Å². The average molecular weight is 410 g/mol. The lowest BCUT2D eigenvalue weighted by Crippen LogP contribution is -2.48. The Morgan fingerprint density at radius 1 is 1.00 bits per heavy atom. The molecule has 3 aromatic rings. The van der Waals surface area contributed by atoms with Gasteiger partial charge in [0.1, 0.15) is 5.82 Å². The topological polar surface area (TPSA) is 59.3 Å². The van der Waals surface area contributed by atoms with Crippen LogP contribution in [0.4, 0.5) is 4.39 Å². The number of piperazine rings is 1. The predicted octanol–water partition coefficient (Wildman–Crippen LogP) is 2.37. The summed E-state index contributed by atoms with van der Waals surface area (Å²) in [4.78, 5) is 4.84. The van der Waals surface area contributed by atoms with Crippen LogP contribution in [0.3, 0.4) is 0 Å². The summed E-state index contributed by atoms with van der Waals surface area (Å²) in [5, 5.41) is 12.4. The van der Waals surface area contributed by atoms with E-state index in [1.54, 1.807) is 11.8 Å². The lowest BCUT2D eigenvalue weighted by Gasteiger charge is -2.39. The Hall–Kier alpha value is -2.68. The highest BCUT2D eigenvalue weighted by molar-refractivity contribution is 5.25. The zero-order valence-corrected chi connectivity index (χ0v) is 17.2. The molecule has 0 unspecified atom stereocenters. The number of ether oxygens (including phenoxy) is 1. The third-order valence-electron chi connectivity index (χ3n) is 5.52. The van der Waals surface area contributed by atoms with Crippen molar-refractivity contribution in [2.24, 2.45) is 0 Å². The van der Waals surface area contributed by atoms with Gasteiger partial charge in [0.25, 0.3) is 0 Å². The van der Waals surface area contributed by atoms with E-state index in [4.69, 9.17) is 4.74 Å². The molecule has 1 aliphatic heterocycles. The Morgan fingerprint density at radius 2 is 1.73 bits per heavy atom. The highest BCUT2D eigenvalue weighted by Crippen LogP contribution is 2.28. The van der Waals surface area contributed by atoms with E-state index in [1.165, 1.54) is 17.7 Å². The van der Waals surface area contributed by atoms with Crippen LogP contribution in [0.2, 0.25) is 0 Å². The number of benzene rings is 2. The van der Waals surface area contributed by atoms with Crippen LogP contribution in [-0.4, -0.2) is 69.9 Å². The van der Waals surface area contributed by atoms with Crippen LogP contribution >= 0.6 is 0 Å². The van der Waals surface area contributed by atoms with E-state index in [1.807, 2.05) is 18.2 Å². The van der Waals surface area contributed by atoms with Gasteiger partial charge >= 0.3 is 0 Å². The maximum absolute atomic E-state index is 13.6. The Labute approximate surface area is 176 Å². The number of aromatic nitrogens is 4. The van der Waals surface area contributed by atoms with Gasteiger partial charge in [-0.1, -0.05) is 42.5 Å². The third kappa shape index (κ3) is 4.89. The summed E-state index contributed by atoms with van der Waals surface area (Å²) in [5.74, 6) is 0.513. The monoisotopic (exact) mass is 410 g/mol. The van der Waals surface area contributed by atoms with Crippen LogP contribution in [0.5, 0.6) is 0 Å². The lowest BCUT2D eigenvalue weighted by molar-refractivity contribution is 0.0988. The molecule has 8 heteroatoms. The normalized spacial score (nSPS) is 16.6. The van der Waals surface area contributed by atoms with Gasteiger partial charge in [-0.25, -0.2) is 9.07 Å². The summed E-state index contributed by atoms with van der Waals surface area (Å²) in [6, 6.07) is 17.0. The van der Waals surface area contributed by atoms with Crippen LogP contribution in [0.25, 0.3) is 0 Å². The van der Waals surface area contributed by atoms with Gasteiger partial charge in [-0.15, -0.1) is 5.10 Å². The van der Waals surface area contributed by atoms with E-state index in [0.717, 1.165) is 44.1 Å². The fourth-order valence-corrected chi connectivity index (χ4v) is 3.93. The first-order valence-electron chi connectivity index (χ1n) is 10.3. The number of hydrogen-bond donors (Lipinski definition) is 0. The molecule has 2 heterocycles. The van der Waals surface area contributed by atoms with Gasteiger partial charge in [0.15, 0.2) is 5.82 Å². The van der Waals surface area contributed by atoms with E-state index in [9.17, 15) is 4.39 Å². The average Bonchev–Trinajstić information content (AvgIpc) is 3.24. The number of rotatable bonds is 8. The first-order chi connectivity index (χ1) is 14.7. The van der Waals surface area contributed by atoms with Gasteiger partial charge in [-0.3, -0.25) is 9.80 Å². The molecular formula is C22H27FN6O. The second-order valence-corrected chi connectivity index (χ2v) is 7.50.